The van der Waals surface area contributed by atoms with Crippen molar-refractivity contribution in [2.24, 2.45) is 10.6 Å². The normalized spacial score (nSPS) is 17.0. The zero-order valence-electron chi connectivity index (χ0n) is 15.9. The first-order chi connectivity index (χ1) is 12.0. The van der Waals surface area contributed by atoms with Crippen molar-refractivity contribution in [1.29, 1.82) is 0 Å². The van der Waals surface area contributed by atoms with E-state index in [1.807, 2.05) is 24.6 Å². The van der Waals surface area contributed by atoms with Gasteiger partial charge in [-0.3, -0.25) is 0 Å². The Labute approximate surface area is 153 Å². The zero-order chi connectivity index (χ0) is 19.3. The van der Waals surface area contributed by atoms with E-state index >= 15 is 0 Å². The molecule has 0 bridgehead atoms. The van der Waals surface area contributed by atoms with Gasteiger partial charge in [0.15, 0.2) is 5.82 Å². The Morgan fingerprint density at radius 1 is 1.38 bits per heavy atom. The molecule has 0 radical (unpaired) electrons. The van der Waals surface area contributed by atoms with E-state index in [0.29, 0.717) is 12.4 Å². The molecular formula is C16H26N6O3S. The maximum absolute atomic E-state index is 11.4. The summed E-state index contributed by atoms with van der Waals surface area (Å²) >= 11 is 0. The highest BCUT2D eigenvalue weighted by molar-refractivity contribution is 7.86. The van der Waals surface area contributed by atoms with Crippen molar-refractivity contribution in [3.63, 3.8) is 0 Å². The van der Waals surface area contributed by atoms with E-state index in [0.717, 1.165) is 42.2 Å². The van der Waals surface area contributed by atoms with Crippen molar-refractivity contribution in [2.45, 2.75) is 27.2 Å². The van der Waals surface area contributed by atoms with E-state index in [9.17, 15) is 8.42 Å². The summed E-state index contributed by atoms with van der Waals surface area (Å²) in [5.74, 6) is 2.35. The van der Waals surface area contributed by atoms with Gasteiger partial charge in [-0.05, 0) is 20.3 Å². The Morgan fingerprint density at radius 3 is 2.62 bits per heavy atom. The lowest BCUT2D eigenvalue weighted by atomic mass is 9.79. The molecule has 9 nitrogen and oxygen atoms in total. The first-order valence-corrected chi connectivity index (χ1v) is 9.94. The first-order valence-electron chi connectivity index (χ1n) is 8.44. The molecule has 1 aliphatic heterocycles. The fourth-order valence-corrected chi connectivity index (χ4v) is 3.80. The molecule has 0 spiro atoms. The quantitative estimate of drug-likeness (QED) is 0.788. The van der Waals surface area contributed by atoms with Gasteiger partial charge in [0.25, 0.3) is 10.2 Å². The Morgan fingerprint density at radius 2 is 2.04 bits per heavy atom. The summed E-state index contributed by atoms with van der Waals surface area (Å²) in [4.78, 5) is 6.85. The fraction of sp³-hybridized carbons (Fsp3) is 0.625. The minimum atomic E-state index is -3.63. The van der Waals surface area contributed by atoms with Crippen molar-refractivity contribution in [1.82, 2.24) is 18.9 Å². The van der Waals surface area contributed by atoms with E-state index in [1.165, 1.54) is 11.4 Å². The van der Waals surface area contributed by atoms with E-state index in [2.05, 4.69) is 21.9 Å². The third-order valence-corrected chi connectivity index (χ3v) is 6.11. The Kier molecular flexibility index (Phi) is 4.62. The van der Waals surface area contributed by atoms with Crippen LogP contribution in [0, 0.1) is 19.3 Å². The van der Waals surface area contributed by atoms with Gasteiger partial charge < -0.3 is 9.64 Å². The standard InChI is InChI=1S/C16H26N6O3S/c1-11-13(25-5)8-22-14(11)15(18-12(2)19-22)21-9-16(3,10-21)6-7-20(4)26(17,23)24/h8H,6-7,9-10H2,1-5H3,(H2,17,23,24). The summed E-state index contributed by atoms with van der Waals surface area (Å²) in [6.07, 6.45) is 2.60. The van der Waals surface area contributed by atoms with Crippen LogP contribution in [0.5, 0.6) is 5.75 Å². The van der Waals surface area contributed by atoms with Crippen LogP contribution in [0.1, 0.15) is 24.7 Å². The van der Waals surface area contributed by atoms with Gasteiger partial charge in [-0.1, -0.05) is 6.92 Å². The molecule has 10 heteroatoms. The minimum absolute atomic E-state index is 0.0133. The number of rotatable bonds is 6. The number of ether oxygens (including phenoxy) is 1. The monoisotopic (exact) mass is 382 g/mol. The number of anilines is 1. The predicted octanol–water partition coefficient (Wildman–Crippen LogP) is 0.706. The second-order valence-corrected chi connectivity index (χ2v) is 9.03. The van der Waals surface area contributed by atoms with Gasteiger partial charge in [-0.2, -0.15) is 17.8 Å². The van der Waals surface area contributed by atoms with Gasteiger partial charge >= 0.3 is 0 Å². The van der Waals surface area contributed by atoms with Gasteiger partial charge in [-0.25, -0.2) is 14.6 Å². The average molecular weight is 382 g/mol. The van der Waals surface area contributed by atoms with Gasteiger partial charge in [-0.15, -0.1) is 0 Å². The Bertz CT molecular complexity index is 933. The molecule has 144 valence electrons. The summed E-state index contributed by atoms with van der Waals surface area (Å²) in [5, 5.41) is 9.59. The molecule has 3 heterocycles. The molecule has 2 aromatic rings. The number of nitrogens with two attached hydrogens (primary N) is 1. The van der Waals surface area contributed by atoms with E-state index in [1.54, 1.807) is 7.11 Å². The molecule has 0 saturated carbocycles. The van der Waals surface area contributed by atoms with Crippen LogP contribution >= 0.6 is 0 Å². The van der Waals surface area contributed by atoms with Crippen LogP contribution in [0.25, 0.3) is 5.52 Å². The minimum Gasteiger partial charge on any atom is -0.495 e. The molecule has 1 aliphatic rings. The molecule has 1 saturated heterocycles. The van der Waals surface area contributed by atoms with Crippen molar-refractivity contribution in [3.8, 4) is 5.75 Å². The molecule has 3 rings (SSSR count). The fourth-order valence-electron chi connectivity index (χ4n) is 3.46. The van der Waals surface area contributed by atoms with Crippen molar-refractivity contribution in [2.75, 3.05) is 38.7 Å². The maximum Gasteiger partial charge on any atom is 0.276 e. The number of methoxy groups -OCH3 is 1. The van der Waals surface area contributed by atoms with E-state index in [4.69, 9.17) is 9.88 Å². The molecule has 1 fully saturated rings. The smallest absolute Gasteiger partial charge is 0.276 e. The number of nitrogens with zero attached hydrogens (tertiary/aromatic N) is 5. The zero-order valence-corrected chi connectivity index (χ0v) is 16.7. The van der Waals surface area contributed by atoms with E-state index < -0.39 is 10.2 Å². The molecule has 0 atom stereocenters. The van der Waals surface area contributed by atoms with E-state index in [-0.39, 0.29) is 5.41 Å². The number of hydrogen-bond acceptors (Lipinski definition) is 6. The van der Waals surface area contributed by atoms with Crippen LogP contribution in [0.3, 0.4) is 0 Å². The second kappa shape index (κ2) is 6.36. The third-order valence-electron chi connectivity index (χ3n) is 5.05. The second-order valence-electron chi connectivity index (χ2n) is 7.38. The third kappa shape index (κ3) is 3.36. The van der Waals surface area contributed by atoms with Gasteiger partial charge in [0, 0.05) is 37.7 Å². The largest absolute Gasteiger partial charge is 0.495 e. The number of hydrogen-bond donors (Lipinski definition) is 1. The van der Waals surface area contributed by atoms with Crippen molar-refractivity contribution >= 4 is 21.5 Å². The van der Waals surface area contributed by atoms with Gasteiger partial charge in [0.05, 0.1) is 13.3 Å². The highest BCUT2D eigenvalue weighted by Gasteiger charge is 2.40. The van der Waals surface area contributed by atoms with Crippen molar-refractivity contribution in [3.05, 3.63) is 17.6 Å². The van der Waals surface area contributed by atoms with Crippen LogP contribution in [0.4, 0.5) is 5.82 Å². The van der Waals surface area contributed by atoms with Crippen LogP contribution in [-0.2, 0) is 10.2 Å². The summed E-state index contributed by atoms with van der Waals surface area (Å²) in [5.41, 5.74) is 1.96. The first kappa shape index (κ1) is 18.9. The highest BCUT2D eigenvalue weighted by Crippen LogP contribution is 2.39. The molecular weight excluding hydrogens is 356 g/mol. The average Bonchev–Trinajstić information content (AvgIpc) is 2.84. The molecule has 2 N–H and O–H groups in total. The van der Waals surface area contributed by atoms with Crippen LogP contribution < -0.4 is 14.8 Å². The summed E-state index contributed by atoms with van der Waals surface area (Å²) in [7, 11) is -0.487. The number of aromatic nitrogens is 3. The number of aryl methyl sites for hydroxylation is 2. The topological polar surface area (TPSA) is 106 Å². The molecule has 2 aromatic heterocycles. The van der Waals surface area contributed by atoms with Crippen LogP contribution in [0.2, 0.25) is 0 Å². The molecule has 0 aromatic carbocycles. The Hall–Kier alpha value is -1.91. The van der Waals surface area contributed by atoms with Gasteiger partial charge in [0.1, 0.15) is 17.1 Å². The lowest BCUT2D eigenvalue weighted by Gasteiger charge is -2.49. The summed E-state index contributed by atoms with van der Waals surface area (Å²) in [6.45, 7) is 8.01. The number of fused-ring (bicyclic) bond motifs is 1. The highest BCUT2D eigenvalue weighted by atomic mass is 32.2. The summed E-state index contributed by atoms with van der Waals surface area (Å²) < 4.78 is 31.1. The molecule has 0 amide bonds. The molecule has 0 unspecified atom stereocenters. The Balaban J connectivity index is 1.79. The predicted molar refractivity (Wildman–Crippen MR) is 99.7 cm³/mol. The lowest BCUT2D eigenvalue weighted by Crippen LogP contribution is -2.56. The van der Waals surface area contributed by atoms with Crippen LogP contribution in [-0.4, -0.2) is 61.1 Å². The lowest BCUT2D eigenvalue weighted by molar-refractivity contribution is 0.208. The van der Waals surface area contributed by atoms with Crippen LogP contribution in [0.15, 0.2) is 6.20 Å². The van der Waals surface area contributed by atoms with Crippen molar-refractivity contribution < 1.29 is 13.2 Å². The van der Waals surface area contributed by atoms with Gasteiger partial charge in [0.2, 0.25) is 0 Å². The molecule has 0 aliphatic carbocycles. The summed E-state index contributed by atoms with van der Waals surface area (Å²) in [6, 6.07) is 0. The maximum atomic E-state index is 11.4. The SMILES string of the molecule is COc1cn2nc(C)nc(N3CC(C)(CCN(C)S(N)(=O)=O)C3)c2c1C. The molecule has 26 heavy (non-hydrogen) atoms.